The zero-order valence-corrected chi connectivity index (χ0v) is 14.8. The van der Waals surface area contributed by atoms with Crippen LogP contribution in [0.4, 0.5) is 5.82 Å². The van der Waals surface area contributed by atoms with Crippen LogP contribution in [0.15, 0.2) is 48.8 Å². The minimum absolute atomic E-state index is 0.0865. The van der Waals surface area contributed by atoms with Gasteiger partial charge in [0.25, 0.3) is 0 Å². The molecule has 0 fully saturated rings. The van der Waals surface area contributed by atoms with Crippen molar-refractivity contribution in [3.05, 3.63) is 65.0 Å². The van der Waals surface area contributed by atoms with E-state index in [1.165, 1.54) is 6.08 Å². The van der Waals surface area contributed by atoms with Gasteiger partial charge in [-0.3, -0.25) is 4.79 Å². The van der Waals surface area contributed by atoms with E-state index in [1.807, 2.05) is 37.4 Å². The molecule has 6 heteroatoms. The van der Waals surface area contributed by atoms with Gasteiger partial charge in [-0.2, -0.15) is 0 Å². The average Bonchev–Trinajstić information content (AvgIpc) is 3.02. The van der Waals surface area contributed by atoms with Crippen molar-refractivity contribution in [3.63, 3.8) is 0 Å². The topological polar surface area (TPSA) is 75.0 Å². The lowest BCUT2D eigenvalue weighted by Gasteiger charge is -2.23. The number of benzene rings is 1. The van der Waals surface area contributed by atoms with Gasteiger partial charge < -0.3 is 15.6 Å². The predicted molar refractivity (Wildman–Crippen MR) is 102 cm³/mol. The first-order chi connectivity index (χ1) is 12.0. The maximum Gasteiger partial charge on any atom is 0.246 e. The lowest BCUT2D eigenvalue weighted by Crippen LogP contribution is -2.27. The van der Waals surface area contributed by atoms with Crippen molar-refractivity contribution in [1.82, 2.24) is 14.9 Å². The first-order valence-electron chi connectivity index (χ1n) is 7.88. The molecule has 1 atom stereocenters. The molecule has 0 saturated heterocycles. The molecule has 0 aliphatic carbocycles. The summed E-state index contributed by atoms with van der Waals surface area (Å²) in [6, 6.07) is 9.13. The molecule has 5 nitrogen and oxygen atoms in total. The molecular weight excluding hydrogens is 336 g/mol. The van der Waals surface area contributed by atoms with Gasteiger partial charge in [-0.1, -0.05) is 17.7 Å². The SMILES string of the molecule is CC(c1c[nH]c2cc(Cl)ccc12)N(C)C(=O)C=Cc1ccc(N)nc1. The predicted octanol–water partition coefficient (Wildman–Crippen LogP) is 4.03. The average molecular weight is 355 g/mol. The van der Waals surface area contributed by atoms with Crippen LogP contribution in [0.25, 0.3) is 17.0 Å². The van der Waals surface area contributed by atoms with Crippen LogP contribution in [0.2, 0.25) is 5.02 Å². The summed E-state index contributed by atoms with van der Waals surface area (Å²) in [7, 11) is 1.79. The van der Waals surface area contributed by atoms with Crippen LogP contribution in [0.1, 0.15) is 24.1 Å². The Morgan fingerprint density at radius 3 is 2.88 bits per heavy atom. The van der Waals surface area contributed by atoms with Gasteiger partial charge in [-0.15, -0.1) is 0 Å². The fraction of sp³-hybridized carbons (Fsp3) is 0.158. The number of amides is 1. The number of carbonyl (C=O) groups is 1. The van der Waals surface area contributed by atoms with Crippen LogP contribution < -0.4 is 5.73 Å². The summed E-state index contributed by atoms with van der Waals surface area (Å²) in [6.07, 6.45) is 6.82. The molecule has 25 heavy (non-hydrogen) atoms. The Morgan fingerprint density at radius 2 is 2.16 bits per heavy atom. The zero-order valence-electron chi connectivity index (χ0n) is 14.0. The molecule has 3 aromatic rings. The fourth-order valence-electron chi connectivity index (χ4n) is 2.67. The van der Waals surface area contributed by atoms with E-state index in [0.717, 1.165) is 22.0 Å². The summed E-state index contributed by atoms with van der Waals surface area (Å²) < 4.78 is 0. The highest BCUT2D eigenvalue weighted by Crippen LogP contribution is 2.29. The first kappa shape index (κ1) is 17.0. The van der Waals surface area contributed by atoms with Crippen LogP contribution in [-0.2, 0) is 4.79 Å². The third kappa shape index (κ3) is 3.67. The van der Waals surface area contributed by atoms with E-state index in [1.54, 1.807) is 30.3 Å². The van der Waals surface area contributed by atoms with Crippen molar-refractivity contribution in [2.75, 3.05) is 12.8 Å². The second-order valence-electron chi connectivity index (χ2n) is 5.91. The highest BCUT2D eigenvalue weighted by atomic mass is 35.5. The molecule has 0 spiro atoms. The van der Waals surface area contributed by atoms with Crippen LogP contribution in [0, 0.1) is 0 Å². The molecule has 0 aliphatic heterocycles. The molecule has 128 valence electrons. The number of fused-ring (bicyclic) bond motifs is 1. The van der Waals surface area contributed by atoms with Crippen molar-refractivity contribution < 1.29 is 4.79 Å². The number of aromatic nitrogens is 2. The van der Waals surface area contributed by atoms with E-state index in [9.17, 15) is 4.79 Å². The zero-order chi connectivity index (χ0) is 18.0. The number of pyridine rings is 1. The largest absolute Gasteiger partial charge is 0.384 e. The Kier molecular flexibility index (Phi) is 4.76. The van der Waals surface area contributed by atoms with Crippen molar-refractivity contribution >= 4 is 40.3 Å². The van der Waals surface area contributed by atoms with Crippen molar-refractivity contribution in [2.45, 2.75) is 13.0 Å². The number of halogens is 1. The Hall–Kier alpha value is -2.79. The Bertz CT molecular complexity index is 930. The number of carbonyl (C=O) groups excluding carboxylic acids is 1. The van der Waals surface area contributed by atoms with Gasteiger partial charge in [0.05, 0.1) is 6.04 Å². The summed E-state index contributed by atoms with van der Waals surface area (Å²) in [5, 5.41) is 1.74. The molecule has 1 amide bonds. The van der Waals surface area contributed by atoms with Gasteiger partial charge in [0.15, 0.2) is 0 Å². The molecular formula is C19H19ClN4O. The van der Waals surface area contributed by atoms with Crippen molar-refractivity contribution in [1.29, 1.82) is 0 Å². The van der Waals surface area contributed by atoms with Crippen molar-refractivity contribution in [3.8, 4) is 0 Å². The van der Waals surface area contributed by atoms with Crippen LogP contribution >= 0.6 is 11.6 Å². The maximum absolute atomic E-state index is 12.5. The van der Waals surface area contributed by atoms with E-state index < -0.39 is 0 Å². The van der Waals surface area contributed by atoms with Crippen molar-refractivity contribution in [2.24, 2.45) is 0 Å². The summed E-state index contributed by atoms with van der Waals surface area (Å²) >= 11 is 6.02. The second-order valence-corrected chi connectivity index (χ2v) is 6.35. The Morgan fingerprint density at radius 1 is 1.36 bits per heavy atom. The molecule has 2 aromatic heterocycles. The summed E-state index contributed by atoms with van der Waals surface area (Å²) in [6.45, 7) is 1.99. The van der Waals surface area contributed by atoms with E-state index in [2.05, 4.69) is 9.97 Å². The number of anilines is 1. The fourth-order valence-corrected chi connectivity index (χ4v) is 2.84. The molecule has 3 N–H and O–H groups in total. The summed E-state index contributed by atoms with van der Waals surface area (Å²) in [4.78, 5) is 21.4. The van der Waals surface area contributed by atoms with Gasteiger partial charge >= 0.3 is 0 Å². The van der Waals surface area contributed by atoms with Crippen LogP contribution in [0.3, 0.4) is 0 Å². The number of hydrogen-bond acceptors (Lipinski definition) is 3. The van der Waals surface area contributed by atoms with Crippen LogP contribution in [-0.4, -0.2) is 27.8 Å². The number of likely N-dealkylation sites (N-methyl/N-ethyl adjacent to an activating group) is 1. The number of rotatable bonds is 4. The molecule has 2 heterocycles. The third-order valence-electron chi connectivity index (χ3n) is 4.28. The van der Waals surface area contributed by atoms with Gasteiger partial charge in [0, 0.05) is 41.4 Å². The van der Waals surface area contributed by atoms with E-state index in [0.29, 0.717) is 10.8 Å². The standard InChI is InChI=1S/C19H19ClN4O/c1-12(16-11-22-17-9-14(20)5-6-15(16)17)24(2)19(25)8-4-13-3-7-18(21)23-10-13/h3-12,22H,1-2H3,(H2,21,23). The minimum Gasteiger partial charge on any atom is -0.384 e. The Balaban J connectivity index is 1.77. The molecule has 1 aromatic carbocycles. The third-order valence-corrected chi connectivity index (χ3v) is 4.52. The molecule has 0 aliphatic rings. The van der Waals surface area contributed by atoms with E-state index in [-0.39, 0.29) is 11.9 Å². The van der Waals surface area contributed by atoms with Gasteiger partial charge in [-0.25, -0.2) is 4.98 Å². The highest BCUT2D eigenvalue weighted by Gasteiger charge is 2.18. The number of nitrogens with two attached hydrogens (primary N) is 1. The second kappa shape index (κ2) is 6.99. The normalized spacial score (nSPS) is 12.6. The Labute approximate surface area is 151 Å². The molecule has 0 bridgehead atoms. The monoisotopic (exact) mass is 354 g/mol. The minimum atomic E-state index is -0.0901. The molecule has 3 rings (SSSR count). The van der Waals surface area contributed by atoms with Gasteiger partial charge in [0.2, 0.25) is 5.91 Å². The number of nitrogens with zero attached hydrogens (tertiary/aromatic N) is 2. The number of aromatic amines is 1. The summed E-state index contributed by atoms with van der Waals surface area (Å²) in [5.41, 5.74) is 8.39. The number of nitrogens with one attached hydrogen (secondary N) is 1. The van der Waals surface area contributed by atoms with Gasteiger partial charge in [0.1, 0.15) is 5.82 Å². The maximum atomic E-state index is 12.5. The first-order valence-corrected chi connectivity index (χ1v) is 8.26. The quantitative estimate of drug-likeness (QED) is 0.694. The van der Waals surface area contributed by atoms with E-state index >= 15 is 0 Å². The lowest BCUT2D eigenvalue weighted by atomic mass is 10.1. The van der Waals surface area contributed by atoms with Crippen LogP contribution in [0.5, 0.6) is 0 Å². The number of nitrogen functional groups attached to an aromatic ring is 1. The number of hydrogen-bond donors (Lipinski definition) is 2. The molecule has 1 unspecified atom stereocenters. The molecule has 0 radical (unpaired) electrons. The van der Waals surface area contributed by atoms with Gasteiger partial charge in [-0.05, 0) is 48.4 Å². The molecule has 0 saturated carbocycles. The highest BCUT2D eigenvalue weighted by molar-refractivity contribution is 6.31. The summed E-state index contributed by atoms with van der Waals surface area (Å²) in [5.74, 6) is 0.362. The number of H-pyrrole nitrogens is 1. The van der Waals surface area contributed by atoms with E-state index in [4.69, 9.17) is 17.3 Å². The lowest BCUT2D eigenvalue weighted by molar-refractivity contribution is -0.126. The smallest absolute Gasteiger partial charge is 0.246 e.